The van der Waals surface area contributed by atoms with Crippen LogP contribution in [0.5, 0.6) is 5.75 Å². The van der Waals surface area contributed by atoms with Crippen LogP contribution in [0.25, 0.3) is 0 Å². The van der Waals surface area contributed by atoms with Crippen LogP contribution in [0, 0.1) is 0 Å². The van der Waals surface area contributed by atoms with Crippen LogP contribution in [0.3, 0.4) is 0 Å². The van der Waals surface area contributed by atoms with Gasteiger partial charge in [-0.3, -0.25) is 0 Å². The molecule has 0 bridgehead atoms. The average Bonchev–Trinajstić information content (AvgIpc) is 2.40. The summed E-state index contributed by atoms with van der Waals surface area (Å²) in [6.45, 7) is 0.210. The summed E-state index contributed by atoms with van der Waals surface area (Å²) in [5, 5.41) is 9.34. The minimum Gasteiger partial charge on any atom is -0.508 e. The number of halogens is 1. The molecule has 18 heavy (non-hydrogen) atoms. The Kier molecular flexibility index (Phi) is 3.99. The van der Waals surface area contributed by atoms with E-state index in [9.17, 15) is 9.90 Å². The number of hydrogen-bond acceptors (Lipinski definition) is 3. The first-order valence-electron chi connectivity index (χ1n) is 5.36. The Bertz CT molecular complexity index is 552. The van der Waals surface area contributed by atoms with Crippen LogP contribution in [0.15, 0.2) is 53.0 Å². The molecule has 4 heteroatoms. The monoisotopic (exact) mass is 306 g/mol. The van der Waals surface area contributed by atoms with E-state index in [4.69, 9.17) is 4.74 Å². The summed E-state index contributed by atoms with van der Waals surface area (Å²) in [5.74, 6) is -0.438. The lowest BCUT2D eigenvalue weighted by atomic mass is 10.2. The number of carbonyl (C=O) groups excluding carboxylic acids is 1. The highest BCUT2D eigenvalue weighted by atomic mass is 79.9. The summed E-state index contributed by atoms with van der Waals surface area (Å²) in [7, 11) is 0. The van der Waals surface area contributed by atoms with Crippen molar-refractivity contribution >= 4 is 21.9 Å². The van der Waals surface area contributed by atoms with Crippen molar-refractivity contribution in [1.29, 1.82) is 0 Å². The Morgan fingerprint density at radius 3 is 2.61 bits per heavy atom. The van der Waals surface area contributed by atoms with Gasteiger partial charge in [0.1, 0.15) is 12.4 Å². The Morgan fingerprint density at radius 1 is 1.17 bits per heavy atom. The maximum absolute atomic E-state index is 11.8. The standard InChI is InChI=1S/C14H11BrO3/c15-13-7-6-11(16)8-12(13)14(17)18-9-10-4-2-1-3-5-10/h1-8,16H,9H2. The van der Waals surface area contributed by atoms with Crippen LogP contribution in [0.4, 0.5) is 0 Å². The molecule has 0 unspecified atom stereocenters. The third-order valence-corrected chi connectivity index (χ3v) is 3.07. The second kappa shape index (κ2) is 5.69. The molecule has 0 aliphatic rings. The number of hydrogen-bond donors (Lipinski definition) is 1. The topological polar surface area (TPSA) is 46.5 Å². The van der Waals surface area contributed by atoms with Crippen LogP contribution >= 0.6 is 15.9 Å². The second-order valence-electron chi connectivity index (χ2n) is 3.73. The van der Waals surface area contributed by atoms with Crippen molar-refractivity contribution < 1.29 is 14.6 Å². The van der Waals surface area contributed by atoms with Gasteiger partial charge in [-0.2, -0.15) is 0 Å². The molecule has 0 saturated heterocycles. The molecule has 92 valence electrons. The second-order valence-corrected chi connectivity index (χ2v) is 4.58. The molecule has 0 radical (unpaired) electrons. The number of esters is 1. The van der Waals surface area contributed by atoms with Gasteiger partial charge in [0.2, 0.25) is 0 Å². The van der Waals surface area contributed by atoms with E-state index in [-0.39, 0.29) is 12.4 Å². The molecule has 0 amide bonds. The van der Waals surface area contributed by atoms with Crippen LogP contribution in [-0.4, -0.2) is 11.1 Å². The molecule has 3 nitrogen and oxygen atoms in total. The van der Waals surface area contributed by atoms with E-state index < -0.39 is 5.97 Å². The lowest BCUT2D eigenvalue weighted by molar-refractivity contribution is 0.0471. The molecule has 0 saturated carbocycles. The van der Waals surface area contributed by atoms with E-state index in [1.54, 1.807) is 6.07 Å². The average molecular weight is 307 g/mol. The van der Waals surface area contributed by atoms with Crippen LogP contribution in [0.1, 0.15) is 15.9 Å². The molecular weight excluding hydrogens is 296 g/mol. The van der Waals surface area contributed by atoms with Crippen molar-refractivity contribution in [2.24, 2.45) is 0 Å². The first-order valence-corrected chi connectivity index (χ1v) is 6.15. The number of rotatable bonds is 3. The Balaban J connectivity index is 2.06. The summed E-state index contributed by atoms with van der Waals surface area (Å²) < 4.78 is 5.77. The summed E-state index contributed by atoms with van der Waals surface area (Å²) in [4.78, 5) is 11.8. The summed E-state index contributed by atoms with van der Waals surface area (Å²) in [6, 6.07) is 13.9. The predicted octanol–water partition coefficient (Wildman–Crippen LogP) is 3.51. The zero-order valence-electron chi connectivity index (χ0n) is 9.47. The lowest BCUT2D eigenvalue weighted by Crippen LogP contribution is -2.05. The molecule has 2 rings (SSSR count). The molecule has 0 aliphatic carbocycles. The molecule has 0 atom stereocenters. The molecule has 0 aliphatic heterocycles. The van der Waals surface area contributed by atoms with Gasteiger partial charge in [-0.1, -0.05) is 30.3 Å². The summed E-state index contributed by atoms with van der Waals surface area (Å²) in [6.07, 6.45) is 0. The van der Waals surface area contributed by atoms with E-state index in [2.05, 4.69) is 15.9 Å². The van der Waals surface area contributed by atoms with Crippen molar-refractivity contribution in [2.75, 3.05) is 0 Å². The van der Waals surface area contributed by atoms with E-state index in [1.165, 1.54) is 12.1 Å². The van der Waals surface area contributed by atoms with Gasteiger partial charge in [-0.25, -0.2) is 4.79 Å². The number of aromatic hydroxyl groups is 1. The Morgan fingerprint density at radius 2 is 1.89 bits per heavy atom. The maximum Gasteiger partial charge on any atom is 0.339 e. The van der Waals surface area contributed by atoms with E-state index in [0.29, 0.717) is 10.0 Å². The number of ether oxygens (including phenoxy) is 1. The molecular formula is C14H11BrO3. The molecule has 2 aromatic carbocycles. The number of phenols is 1. The van der Waals surface area contributed by atoms with E-state index >= 15 is 0 Å². The van der Waals surface area contributed by atoms with Crippen LogP contribution < -0.4 is 0 Å². The fraction of sp³-hybridized carbons (Fsp3) is 0.0714. The minimum absolute atomic E-state index is 0.0323. The zero-order valence-corrected chi connectivity index (χ0v) is 11.1. The lowest BCUT2D eigenvalue weighted by Gasteiger charge is -2.06. The molecule has 1 N–H and O–H groups in total. The van der Waals surface area contributed by atoms with Gasteiger partial charge >= 0.3 is 5.97 Å². The molecule has 2 aromatic rings. The Hall–Kier alpha value is -1.81. The van der Waals surface area contributed by atoms with Crippen molar-refractivity contribution in [2.45, 2.75) is 6.61 Å². The number of carbonyl (C=O) groups is 1. The van der Waals surface area contributed by atoms with Gasteiger partial charge < -0.3 is 9.84 Å². The smallest absolute Gasteiger partial charge is 0.339 e. The fourth-order valence-electron chi connectivity index (χ4n) is 1.47. The quantitative estimate of drug-likeness (QED) is 0.883. The maximum atomic E-state index is 11.8. The molecule has 0 spiro atoms. The van der Waals surface area contributed by atoms with Crippen molar-refractivity contribution in [3.8, 4) is 5.75 Å². The molecule has 0 heterocycles. The van der Waals surface area contributed by atoms with Crippen LogP contribution in [0.2, 0.25) is 0 Å². The van der Waals surface area contributed by atoms with Crippen molar-refractivity contribution in [3.63, 3.8) is 0 Å². The first-order chi connectivity index (χ1) is 8.66. The van der Waals surface area contributed by atoms with Gasteiger partial charge in [0.15, 0.2) is 0 Å². The summed E-state index contributed by atoms with van der Waals surface area (Å²) in [5.41, 5.74) is 1.23. The summed E-state index contributed by atoms with van der Waals surface area (Å²) >= 11 is 3.25. The normalized spacial score (nSPS) is 10.1. The van der Waals surface area contributed by atoms with Crippen LogP contribution in [-0.2, 0) is 11.3 Å². The van der Waals surface area contributed by atoms with Gasteiger partial charge in [0, 0.05) is 4.47 Å². The fourth-order valence-corrected chi connectivity index (χ4v) is 1.88. The molecule has 0 aromatic heterocycles. The highest BCUT2D eigenvalue weighted by Gasteiger charge is 2.12. The highest BCUT2D eigenvalue weighted by molar-refractivity contribution is 9.10. The van der Waals surface area contributed by atoms with E-state index in [0.717, 1.165) is 5.56 Å². The SMILES string of the molecule is O=C(OCc1ccccc1)c1cc(O)ccc1Br. The predicted molar refractivity (Wildman–Crippen MR) is 71.4 cm³/mol. The Labute approximate surface area is 113 Å². The van der Waals surface area contributed by atoms with Gasteiger partial charge in [0.05, 0.1) is 5.56 Å². The third kappa shape index (κ3) is 3.11. The van der Waals surface area contributed by atoms with Crippen molar-refractivity contribution in [1.82, 2.24) is 0 Å². The van der Waals surface area contributed by atoms with Gasteiger partial charge in [-0.15, -0.1) is 0 Å². The first kappa shape index (κ1) is 12.6. The molecule has 0 fully saturated rings. The largest absolute Gasteiger partial charge is 0.508 e. The number of phenolic OH excluding ortho intramolecular Hbond substituents is 1. The minimum atomic E-state index is -0.471. The number of benzene rings is 2. The zero-order chi connectivity index (χ0) is 13.0. The third-order valence-electron chi connectivity index (χ3n) is 2.38. The van der Waals surface area contributed by atoms with Crippen molar-refractivity contribution in [3.05, 3.63) is 64.1 Å². The van der Waals surface area contributed by atoms with Gasteiger partial charge in [0.25, 0.3) is 0 Å². The van der Waals surface area contributed by atoms with Gasteiger partial charge in [-0.05, 0) is 39.7 Å². The van der Waals surface area contributed by atoms with E-state index in [1.807, 2.05) is 30.3 Å². The highest BCUT2D eigenvalue weighted by Crippen LogP contribution is 2.22.